The second-order valence-corrected chi connectivity index (χ2v) is 7.45. The van der Waals surface area contributed by atoms with E-state index < -0.39 is 6.04 Å². The van der Waals surface area contributed by atoms with Crippen LogP contribution in [0.3, 0.4) is 0 Å². The summed E-state index contributed by atoms with van der Waals surface area (Å²) in [6.07, 6.45) is 1.27. The van der Waals surface area contributed by atoms with Gasteiger partial charge in [-0.3, -0.25) is 9.59 Å². The number of aromatic nitrogens is 2. The Labute approximate surface area is 169 Å². The molecule has 0 saturated carbocycles. The second-order valence-electron chi connectivity index (χ2n) is 6.61. The fraction of sp³-hybridized carbons (Fsp3) is 0.211. The highest BCUT2D eigenvalue weighted by atomic mass is 35.5. The molecule has 1 aliphatic heterocycles. The van der Waals surface area contributed by atoms with Crippen molar-refractivity contribution in [2.45, 2.75) is 18.9 Å². The molecule has 1 atom stereocenters. The zero-order chi connectivity index (χ0) is 19.8. The molecule has 144 valence electrons. The number of carbonyl (C=O) groups is 2. The number of aromatic amines is 2. The van der Waals surface area contributed by atoms with Gasteiger partial charge in [-0.25, -0.2) is 4.79 Å². The maximum absolute atomic E-state index is 12.9. The van der Waals surface area contributed by atoms with Gasteiger partial charge in [0.15, 0.2) is 0 Å². The minimum Gasteiger partial charge on any atom is -0.327 e. The molecule has 0 radical (unpaired) electrons. The molecule has 0 aliphatic carbocycles. The van der Waals surface area contributed by atoms with Crippen LogP contribution < -0.4 is 11.0 Å². The number of rotatable bonds is 3. The van der Waals surface area contributed by atoms with Crippen LogP contribution in [0.5, 0.6) is 0 Å². The summed E-state index contributed by atoms with van der Waals surface area (Å²) in [5.74, 6) is -0.614. The molecule has 9 heteroatoms. The molecular weight excluding hydrogens is 403 g/mol. The Morgan fingerprint density at radius 3 is 2.68 bits per heavy atom. The molecule has 2 amide bonds. The Bertz CT molecular complexity index is 1140. The van der Waals surface area contributed by atoms with Crippen LogP contribution in [0, 0.1) is 0 Å². The summed E-state index contributed by atoms with van der Waals surface area (Å²) in [5.41, 5.74) is 1.74. The molecule has 0 bridgehead atoms. The van der Waals surface area contributed by atoms with Crippen LogP contribution in [-0.2, 0) is 4.79 Å². The van der Waals surface area contributed by atoms with E-state index in [1.54, 1.807) is 30.3 Å². The molecule has 4 rings (SSSR count). The monoisotopic (exact) mass is 418 g/mol. The van der Waals surface area contributed by atoms with Crippen LogP contribution >= 0.6 is 23.2 Å². The molecule has 1 fully saturated rings. The number of carbonyl (C=O) groups excluding carboxylic acids is 2. The van der Waals surface area contributed by atoms with Crippen molar-refractivity contribution < 1.29 is 9.59 Å². The Hall–Kier alpha value is -2.77. The number of hydrogen-bond donors (Lipinski definition) is 3. The smallest absolute Gasteiger partial charge is 0.323 e. The Morgan fingerprint density at radius 1 is 1.07 bits per heavy atom. The third kappa shape index (κ3) is 3.50. The highest BCUT2D eigenvalue weighted by molar-refractivity contribution is 6.35. The molecule has 0 unspecified atom stereocenters. The normalized spacial score (nSPS) is 16.5. The van der Waals surface area contributed by atoms with E-state index >= 15 is 0 Å². The first-order chi connectivity index (χ1) is 13.4. The summed E-state index contributed by atoms with van der Waals surface area (Å²) in [6, 6.07) is 9.13. The lowest BCUT2D eigenvalue weighted by atomic mass is 10.1. The van der Waals surface area contributed by atoms with Crippen molar-refractivity contribution >= 4 is 51.7 Å². The lowest BCUT2D eigenvalue weighted by molar-refractivity contribution is -0.119. The Kier molecular flexibility index (Phi) is 4.87. The lowest BCUT2D eigenvalue weighted by Crippen LogP contribution is -2.43. The predicted molar refractivity (Wildman–Crippen MR) is 108 cm³/mol. The molecule has 0 spiro atoms. The van der Waals surface area contributed by atoms with Gasteiger partial charge in [-0.05, 0) is 49.2 Å². The number of halogens is 2. The van der Waals surface area contributed by atoms with E-state index in [1.165, 1.54) is 11.0 Å². The standard InChI is InChI=1S/C19H16Cl2N4O3/c20-10-3-5-13(21)12(8-10)18(27)25-7-1-2-16(25)17(26)22-11-4-6-14-15(9-11)24-19(28)23-14/h3-6,8-9,16H,1-2,7H2,(H,22,26)(H2,23,24,28)/t16-/m0/s1. The van der Waals surface area contributed by atoms with Gasteiger partial charge in [0.25, 0.3) is 5.91 Å². The first-order valence-electron chi connectivity index (χ1n) is 8.71. The fourth-order valence-electron chi connectivity index (χ4n) is 3.43. The van der Waals surface area contributed by atoms with Crippen LogP contribution in [0.25, 0.3) is 11.0 Å². The Morgan fingerprint density at radius 2 is 1.86 bits per heavy atom. The van der Waals surface area contributed by atoms with E-state index in [4.69, 9.17) is 23.2 Å². The lowest BCUT2D eigenvalue weighted by Gasteiger charge is -2.24. The molecule has 7 nitrogen and oxygen atoms in total. The van der Waals surface area contributed by atoms with Crippen molar-refractivity contribution in [1.29, 1.82) is 0 Å². The molecule has 1 aliphatic rings. The minimum atomic E-state index is -0.608. The number of H-pyrrole nitrogens is 2. The van der Waals surface area contributed by atoms with Gasteiger partial charge in [0.2, 0.25) is 5.91 Å². The summed E-state index contributed by atoms with van der Waals surface area (Å²) >= 11 is 12.1. The maximum Gasteiger partial charge on any atom is 0.323 e. The zero-order valence-electron chi connectivity index (χ0n) is 14.6. The van der Waals surface area contributed by atoms with Crippen molar-refractivity contribution in [3.63, 3.8) is 0 Å². The van der Waals surface area contributed by atoms with Crippen molar-refractivity contribution in [2.24, 2.45) is 0 Å². The second kappa shape index (κ2) is 7.33. The van der Waals surface area contributed by atoms with Gasteiger partial charge in [-0.1, -0.05) is 23.2 Å². The summed E-state index contributed by atoms with van der Waals surface area (Å²) in [7, 11) is 0. The highest BCUT2D eigenvalue weighted by Crippen LogP contribution is 2.27. The van der Waals surface area contributed by atoms with Crippen LogP contribution in [0.1, 0.15) is 23.2 Å². The third-order valence-corrected chi connectivity index (χ3v) is 5.32. The number of anilines is 1. The number of fused-ring (bicyclic) bond motifs is 1. The highest BCUT2D eigenvalue weighted by Gasteiger charge is 2.35. The molecular formula is C19H16Cl2N4O3. The van der Waals surface area contributed by atoms with E-state index in [2.05, 4.69) is 15.3 Å². The van der Waals surface area contributed by atoms with Gasteiger partial charge < -0.3 is 20.2 Å². The van der Waals surface area contributed by atoms with Gasteiger partial charge in [-0.2, -0.15) is 0 Å². The predicted octanol–water partition coefficient (Wildman–Crippen LogP) is 3.41. The molecule has 3 N–H and O–H groups in total. The molecule has 2 aromatic carbocycles. The van der Waals surface area contributed by atoms with Crippen LogP contribution in [-0.4, -0.2) is 39.3 Å². The van der Waals surface area contributed by atoms with Gasteiger partial charge in [0, 0.05) is 17.3 Å². The molecule has 28 heavy (non-hydrogen) atoms. The van der Waals surface area contributed by atoms with Gasteiger partial charge >= 0.3 is 5.69 Å². The van der Waals surface area contributed by atoms with E-state index in [-0.39, 0.29) is 23.1 Å². The number of imidazole rings is 1. The van der Waals surface area contributed by atoms with Crippen LogP contribution in [0.4, 0.5) is 5.69 Å². The topological polar surface area (TPSA) is 98.1 Å². The summed E-state index contributed by atoms with van der Waals surface area (Å²) in [4.78, 5) is 43.9. The van der Waals surface area contributed by atoms with E-state index in [9.17, 15) is 14.4 Å². The number of nitrogens with zero attached hydrogens (tertiary/aromatic N) is 1. The third-order valence-electron chi connectivity index (χ3n) is 4.76. The summed E-state index contributed by atoms with van der Waals surface area (Å²) < 4.78 is 0. The van der Waals surface area contributed by atoms with Gasteiger partial charge in [-0.15, -0.1) is 0 Å². The van der Waals surface area contributed by atoms with E-state index in [0.29, 0.717) is 46.2 Å². The van der Waals surface area contributed by atoms with E-state index in [1.807, 2.05) is 0 Å². The van der Waals surface area contributed by atoms with Crippen molar-refractivity contribution in [3.8, 4) is 0 Å². The van der Waals surface area contributed by atoms with Gasteiger partial charge in [0.1, 0.15) is 6.04 Å². The van der Waals surface area contributed by atoms with Gasteiger partial charge in [0.05, 0.1) is 21.6 Å². The van der Waals surface area contributed by atoms with Crippen molar-refractivity contribution in [2.75, 3.05) is 11.9 Å². The van der Waals surface area contributed by atoms with Crippen molar-refractivity contribution in [3.05, 3.63) is 62.5 Å². The number of benzene rings is 2. The first-order valence-corrected chi connectivity index (χ1v) is 9.47. The molecule has 1 aromatic heterocycles. The average Bonchev–Trinajstić information content (AvgIpc) is 3.28. The number of likely N-dealkylation sites (tertiary alicyclic amines) is 1. The number of hydrogen-bond acceptors (Lipinski definition) is 3. The molecule has 1 saturated heterocycles. The average molecular weight is 419 g/mol. The summed E-state index contributed by atoms with van der Waals surface area (Å²) in [6.45, 7) is 0.462. The Balaban J connectivity index is 1.55. The largest absolute Gasteiger partial charge is 0.327 e. The van der Waals surface area contributed by atoms with Crippen molar-refractivity contribution in [1.82, 2.24) is 14.9 Å². The SMILES string of the molecule is O=C(Nc1ccc2[nH]c(=O)[nH]c2c1)[C@@H]1CCCN1C(=O)c1cc(Cl)ccc1Cl. The fourth-order valence-corrected chi connectivity index (χ4v) is 3.80. The molecule has 2 heterocycles. The quantitative estimate of drug-likeness (QED) is 0.607. The van der Waals surface area contributed by atoms with Crippen LogP contribution in [0.15, 0.2) is 41.2 Å². The maximum atomic E-state index is 12.9. The summed E-state index contributed by atoms with van der Waals surface area (Å²) in [5, 5.41) is 3.52. The molecule has 3 aromatic rings. The van der Waals surface area contributed by atoms with E-state index in [0.717, 1.165) is 0 Å². The zero-order valence-corrected chi connectivity index (χ0v) is 16.1. The number of nitrogens with one attached hydrogen (secondary N) is 3. The number of amides is 2. The minimum absolute atomic E-state index is 0.278. The first kappa shape index (κ1) is 18.6. The van der Waals surface area contributed by atoms with Crippen LogP contribution in [0.2, 0.25) is 10.0 Å².